The molecule has 2 fully saturated rings. The van der Waals surface area contributed by atoms with Crippen molar-refractivity contribution in [3.05, 3.63) is 0 Å². The van der Waals surface area contributed by atoms with Crippen molar-refractivity contribution in [3.63, 3.8) is 0 Å². The third-order valence-corrected chi connectivity index (χ3v) is 3.68. The van der Waals surface area contributed by atoms with Crippen LogP contribution in [0.5, 0.6) is 0 Å². The number of carbonyl (C=O) groups is 1. The van der Waals surface area contributed by atoms with Crippen LogP contribution in [0.4, 0.5) is 0 Å². The van der Waals surface area contributed by atoms with Gasteiger partial charge in [-0.25, -0.2) is 0 Å². The van der Waals surface area contributed by atoms with Crippen LogP contribution in [0.15, 0.2) is 0 Å². The van der Waals surface area contributed by atoms with Crippen molar-refractivity contribution in [1.29, 1.82) is 0 Å². The number of hydrogen-bond donors (Lipinski definition) is 1. The number of ether oxygens (including phenoxy) is 1. The molecule has 92 valence electrons. The van der Waals surface area contributed by atoms with E-state index in [0.29, 0.717) is 26.1 Å². The Morgan fingerprint density at radius 3 is 2.88 bits per heavy atom. The molecule has 2 aliphatic rings. The molecule has 4 nitrogen and oxygen atoms in total. The van der Waals surface area contributed by atoms with Gasteiger partial charge in [-0.05, 0) is 25.2 Å². The van der Waals surface area contributed by atoms with E-state index >= 15 is 0 Å². The van der Waals surface area contributed by atoms with Gasteiger partial charge in [-0.3, -0.25) is 4.79 Å². The molecule has 1 N–H and O–H groups in total. The molecular weight excluding hydrogens is 206 g/mol. The Morgan fingerprint density at radius 2 is 2.25 bits per heavy atom. The van der Waals surface area contributed by atoms with Crippen molar-refractivity contribution in [2.24, 2.45) is 11.8 Å². The van der Waals surface area contributed by atoms with Crippen molar-refractivity contribution in [1.82, 2.24) is 4.90 Å². The molecule has 0 aromatic heterocycles. The van der Waals surface area contributed by atoms with Gasteiger partial charge in [0.05, 0.1) is 18.6 Å². The normalized spacial score (nSPS) is 36.1. The van der Waals surface area contributed by atoms with Crippen molar-refractivity contribution < 1.29 is 14.6 Å². The second-order valence-electron chi connectivity index (χ2n) is 5.03. The maximum absolute atomic E-state index is 12.2. The number of aliphatic hydroxyl groups excluding tert-OH is 1. The van der Waals surface area contributed by atoms with Crippen LogP contribution in [0.1, 0.15) is 26.2 Å². The van der Waals surface area contributed by atoms with Crippen LogP contribution < -0.4 is 0 Å². The van der Waals surface area contributed by atoms with E-state index in [1.54, 1.807) is 0 Å². The zero-order valence-corrected chi connectivity index (χ0v) is 9.89. The molecule has 0 bridgehead atoms. The fraction of sp³-hybridized carbons (Fsp3) is 0.917. The number of nitrogens with zero attached hydrogens (tertiary/aromatic N) is 1. The number of hydrogen-bond acceptors (Lipinski definition) is 3. The number of aliphatic hydroxyl groups is 1. The van der Waals surface area contributed by atoms with Crippen molar-refractivity contribution >= 4 is 5.91 Å². The topological polar surface area (TPSA) is 49.8 Å². The molecule has 0 aromatic rings. The Balaban J connectivity index is 1.89. The number of amides is 1. The van der Waals surface area contributed by atoms with Gasteiger partial charge in [0.1, 0.15) is 0 Å². The van der Waals surface area contributed by atoms with Crippen LogP contribution in [0, 0.1) is 11.8 Å². The molecule has 2 saturated heterocycles. The molecule has 0 aromatic carbocycles. The van der Waals surface area contributed by atoms with Gasteiger partial charge in [-0.15, -0.1) is 0 Å². The first-order valence-corrected chi connectivity index (χ1v) is 6.23. The number of piperidine rings is 1. The Labute approximate surface area is 96.6 Å². The molecule has 2 rings (SSSR count). The molecule has 3 atom stereocenters. The zero-order valence-electron chi connectivity index (χ0n) is 9.89. The molecule has 2 aliphatic heterocycles. The van der Waals surface area contributed by atoms with E-state index in [9.17, 15) is 9.90 Å². The van der Waals surface area contributed by atoms with E-state index in [2.05, 4.69) is 0 Å². The summed E-state index contributed by atoms with van der Waals surface area (Å²) in [6.07, 6.45) is 2.40. The molecule has 0 spiro atoms. The molecule has 0 saturated carbocycles. The van der Waals surface area contributed by atoms with Crippen LogP contribution in [0.2, 0.25) is 0 Å². The van der Waals surface area contributed by atoms with Crippen LogP contribution >= 0.6 is 0 Å². The molecule has 4 heteroatoms. The Hall–Kier alpha value is -0.610. The molecule has 0 radical (unpaired) electrons. The summed E-state index contributed by atoms with van der Waals surface area (Å²) in [5, 5.41) is 9.62. The molecule has 3 unspecified atom stereocenters. The van der Waals surface area contributed by atoms with Crippen molar-refractivity contribution in [2.45, 2.75) is 32.3 Å². The summed E-state index contributed by atoms with van der Waals surface area (Å²) in [5.41, 5.74) is 0. The number of carbonyl (C=O) groups excluding carboxylic acids is 1. The van der Waals surface area contributed by atoms with E-state index in [0.717, 1.165) is 19.4 Å². The predicted molar refractivity (Wildman–Crippen MR) is 59.9 cm³/mol. The lowest BCUT2D eigenvalue weighted by Crippen LogP contribution is -2.48. The maximum atomic E-state index is 12.2. The van der Waals surface area contributed by atoms with Crippen LogP contribution in [0.25, 0.3) is 0 Å². The summed E-state index contributed by atoms with van der Waals surface area (Å²) < 4.78 is 5.35. The van der Waals surface area contributed by atoms with E-state index in [1.807, 2.05) is 11.8 Å². The van der Waals surface area contributed by atoms with Crippen molar-refractivity contribution in [3.8, 4) is 0 Å². The highest BCUT2D eigenvalue weighted by Gasteiger charge is 2.31. The number of likely N-dealkylation sites (tertiary alicyclic amines) is 1. The van der Waals surface area contributed by atoms with E-state index < -0.39 is 0 Å². The maximum Gasteiger partial charge on any atom is 0.228 e. The number of rotatable bonds is 1. The van der Waals surface area contributed by atoms with Crippen LogP contribution in [0.3, 0.4) is 0 Å². The van der Waals surface area contributed by atoms with Gasteiger partial charge in [0.25, 0.3) is 0 Å². The first-order chi connectivity index (χ1) is 7.68. The highest BCUT2D eigenvalue weighted by molar-refractivity contribution is 5.79. The summed E-state index contributed by atoms with van der Waals surface area (Å²) in [7, 11) is 0. The predicted octanol–water partition coefficient (Wildman–Crippen LogP) is 0.642. The molecule has 0 aliphatic carbocycles. The van der Waals surface area contributed by atoms with Crippen LogP contribution in [-0.2, 0) is 9.53 Å². The molecule has 2 heterocycles. The molecule has 16 heavy (non-hydrogen) atoms. The van der Waals surface area contributed by atoms with Gasteiger partial charge in [0.15, 0.2) is 0 Å². The summed E-state index contributed by atoms with van der Waals surface area (Å²) in [5.74, 6) is 0.469. The first kappa shape index (κ1) is 11.9. The average Bonchev–Trinajstić information content (AvgIpc) is 2.33. The highest BCUT2D eigenvalue weighted by Crippen LogP contribution is 2.21. The van der Waals surface area contributed by atoms with Gasteiger partial charge in [-0.2, -0.15) is 0 Å². The fourth-order valence-corrected chi connectivity index (χ4v) is 2.53. The summed E-state index contributed by atoms with van der Waals surface area (Å²) >= 11 is 0. The first-order valence-electron chi connectivity index (χ1n) is 6.23. The monoisotopic (exact) mass is 227 g/mol. The van der Waals surface area contributed by atoms with Gasteiger partial charge in [-0.1, -0.05) is 6.92 Å². The molecular formula is C12H21NO3. The zero-order chi connectivity index (χ0) is 11.5. The minimum Gasteiger partial charge on any atom is -0.393 e. The minimum absolute atomic E-state index is 0.0520. The largest absolute Gasteiger partial charge is 0.393 e. The van der Waals surface area contributed by atoms with Crippen LogP contribution in [-0.4, -0.2) is 48.3 Å². The Bertz CT molecular complexity index is 251. The summed E-state index contributed by atoms with van der Waals surface area (Å²) in [6, 6.07) is 0. The van der Waals surface area contributed by atoms with Crippen molar-refractivity contribution in [2.75, 3.05) is 26.3 Å². The second kappa shape index (κ2) is 5.15. The SMILES string of the molecule is CC1CN(C(=O)C2CCCOC2)CCC1O. The molecule has 1 amide bonds. The lowest BCUT2D eigenvalue weighted by Gasteiger charge is -2.37. The van der Waals surface area contributed by atoms with Gasteiger partial charge in [0.2, 0.25) is 5.91 Å². The standard InChI is InChI=1S/C12H21NO3/c1-9-7-13(5-4-11(9)14)12(15)10-3-2-6-16-8-10/h9-11,14H,2-8H2,1H3. The highest BCUT2D eigenvalue weighted by atomic mass is 16.5. The van der Waals surface area contributed by atoms with E-state index in [4.69, 9.17) is 4.74 Å². The van der Waals surface area contributed by atoms with Gasteiger partial charge >= 0.3 is 0 Å². The quantitative estimate of drug-likeness (QED) is 0.715. The fourth-order valence-electron chi connectivity index (χ4n) is 2.53. The third-order valence-electron chi connectivity index (χ3n) is 3.68. The lowest BCUT2D eigenvalue weighted by molar-refractivity contribution is -0.143. The summed E-state index contributed by atoms with van der Waals surface area (Å²) in [6.45, 7) is 4.75. The minimum atomic E-state index is -0.244. The van der Waals surface area contributed by atoms with Gasteiger partial charge in [0, 0.05) is 19.7 Å². The smallest absolute Gasteiger partial charge is 0.228 e. The summed E-state index contributed by atoms with van der Waals surface area (Å²) in [4.78, 5) is 14.1. The second-order valence-corrected chi connectivity index (χ2v) is 5.03. The lowest BCUT2D eigenvalue weighted by atomic mass is 9.94. The third kappa shape index (κ3) is 2.55. The Kier molecular flexibility index (Phi) is 3.82. The van der Waals surface area contributed by atoms with E-state index in [1.165, 1.54) is 0 Å². The Morgan fingerprint density at radius 1 is 1.44 bits per heavy atom. The van der Waals surface area contributed by atoms with E-state index in [-0.39, 0.29) is 23.8 Å². The van der Waals surface area contributed by atoms with Gasteiger partial charge < -0.3 is 14.7 Å². The average molecular weight is 227 g/mol.